The van der Waals surface area contributed by atoms with Crippen molar-refractivity contribution in [1.29, 1.82) is 0 Å². The SMILES string of the molecule is CCC(=O)NCc1cc2cc(Cl)c(CCc3cc(C)on3)nc2[nH]1. The number of aromatic nitrogens is 3. The van der Waals surface area contributed by atoms with E-state index in [4.69, 9.17) is 16.1 Å². The average molecular weight is 347 g/mol. The largest absolute Gasteiger partial charge is 0.361 e. The Morgan fingerprint density at radius 1 is 1.33 bits per heavy atom. The van der Waals surface area contributed by atoms with Crippen LogP contribution in [0.4, 0.5) is 0 Å². The Morgan fingerprint density at radius 3 is 2.88 bits per heavy atom. The molecule has 0 bridgehead atoms. The Hall–Kier alpha value is -2.34. The molecule has 3 aromatic rings. The lowest BCUT2D eigenvalue weighted by atomic mass is 10.1. The molecule has 3 aromatic heterocycles. The summed E-state index contributed by atoms with van der Waals surface area (Å²) in [5.41, 5.74) is 3.38. The predicted molar refractivity (Wildman–Crippen MR) is 91.9 cm³/mol. The minimum Gasteiger partial charge on any atom is -0.361 e. The van der Waals surface area contributed by atoms with Crippen LogP contribution in [0, 0.1) is 6.92 Å². The number of nitrogens with one attached hydrogen (secondary N) is 2. The molecule has 0 atom stereocenters. The van der Waals surface area contributed by atoms with E-state index in [0.29, 0.717) is 24.4 Å². The predicted octanol–water partition coefficient (Wildman–Crippen LogP) is 3.32. The summed E-state index contributed by atoms with van der Waals surface area (Å²) in [7, 11) is 0. The second-order valence-corrected chi connectivity index (χ2v) is 6.12. The molecule has 126 valence electrons. The zero-order chi connectivity index (χ0) is 17.1. The number of halogens is 1. The van der Waals surface area contributed by atoms with Crippen molar-refractivity contribution in [3.8, 4) is 0 Å². The van der Waals surface area contributed by atoms with Gasteiger partial charge < -0.3 is 14.8 Å². The van der Waals surface area contributed by atoms with Crippen molar-refractivity contribution in [2.75, 3.05) is 0 Å². The second kappa shape index (κ2) is 7.05. The van der Waals surface area contributed by atoms with Crippen LogP contribution >= 0.6 is 11.6 Å². The van der Waals surface area contributed by atoms with Crippen molar-refractivity contribution in [2.45, 2.75) is 39.7 Å². The molecule has 0 saturated heterocycles. The summed E-state index contributed by atoms with van der Waals surface area (Å²) in [5, 5.41) is 8.38. The Labute approximate surface area is 144 Å². The van der Waals surface area contributed by atoms with Gasteiger partial charge >= 0.3 is 0 Å². The zero-order valence-corrected chi connectivity index (χ0v) is 14.4. The van der Waals surface area contributed by atoms with Crippen LogP contribution in [0.5, 0.6) is 0 Å². The molecular formula is C17H19ClN4O2. The number of rotatable bonds is 6. The summed E-state index contributed by atoms with van der Waals surface area (Å²) in [6, 6.07) is 5.76. The lowest BCUT2D eigenvalue weighted by Crippen LogP contribution is -2.21. The van der Waals surface area contributed by atoms with E-state index in [1.54, 1.807) is 0 Å². The Kier molecular flexibility index (Phi) is 4.85. The van der Waals surface area contributed by atoms with E-state index in [9.17, 15) is 4.79 Å². The maximum Gasteiger partial charge on any atom is 0.220 e. The quantitative estimate of drug-likeness (QED) is 0.717. The zero-order valence-electron chi connectivity index (χ0n) is 13.6. The highest BCUT2D eigenvalue weighted by molar-refractivity contribution is 6.31. The third kappa shape index (κ3) is 3.76. The molecular weight excluding hydrogens is 328 g/mol. The number of amides is 1. The average Bonchev–Trinajstić information content (AvgIpc) is 3.15. The van der Waals surface area contributed by atoms with Gasteiger partial charge in [0.25, 0.3) is 0 Å². The van der Waals surface area contributed by atoms with Gasteiger partial charge in [-0.1, -0.05) is 23.7 Å². The van der Waals surface area contributed by atoms with Crippen LogP contribution in [0.1, 0.15) is 36.2 Å². The van der Waals surface area contributed by atoms with E-state index in [-0.39, 0.29) is 5.91 Å². The molecule has 3 rings (SSSR count). The number of nitrogens with zero attached hydrogens (tertiary/aromatic N) is 2. The minimum atomic E-state index is 0.0169. The number of aryl methyl sites for hydroxylation is 3. The van der Waals surface area contributed by atoms with Gasteiger partial charge in [-0.25, -0.2) is 4.98 Å². The third-order valence-corrected chi connectivity index (χ3v) is 4.11. The summed E-state index contributed by atoms with van der Waals surface area (Å²) in [6.45, 7) is 4.14. The molecule has 1 amide bonds. The van der Waals surface area contributed by atoms with Gasteiger partial charge in [-0.3, -0.25) is 4.79 Å². The maximum atomic E-state index is 11.4. The van der Waals surface area contributed by atoms with E-state index in [2.05, 4.69) is 20.4 Å². The van der Waals surface area contributed by atoms with Gasteiger partial charge in [0, 0.05) is 23.6 Å². The third-order valence-electron chi connectivity index (χ3n) is 3.78. The number of aromatic amines is 1. The monoisotopic (exact) mass is 346 g/mol. The normalized spacial score (nSPS) is 11.1. The summed E-state index contributed by atoms with van der Waals surface area (Å²) in [4.78, 5) is 19.2. The van der Waals surface area contributed by atoms with Gasteiger partial charge in [0.2, 0.25) is 5.91 Å². The first kappa shape index (κ1) is 16.5. The molecule has 0 aliphatic heterocycles. The number of fused-ring (bicyclic) bond motifs is 1. The van der Waals surface area contributed by atoms with Crippen LogP contribution in [0.15, 0.2) is 22.7 Å². The van der Waals surface area contributed by atoms with Crippen LogP contribution < -0.4 is 5.32 Å². The first-order valence-corrected chi connectivity index (χ1v) is 8.29. The topological polar surface area (TPSA) is 83.8 Å². The van der Waals surface area contributed by atoms with Gasteiger partial charge in [-0.05, 0) is 31.9 Å². The highest BCUT2D eigenvalue weighted by atomic mass is 35.5. The molecule has 0 aliphatic carbocycles. The highest BCUT2D eigenvalue weighted by Gasteiger charge is 2.10. The van der Waals surface area contributed by atoms with Crippen LogP contribution in [-0.2, 0) is 24.2 Å². The number of carbonyl (C=O) groups is 1. The van der Waals surface area contributed by atoms with E-state index in [1.165, 1.54) is 0 Å². The van der Waals surface area contributed by atoms with Crippen molar-refractivity contribution in [2.24, 2.45) is 0 Å². The van der Waals surface area contributed by atoms with Crippen molar-refractivity contribution >= 4 is 28.5 Å². The second-order valence-electron chi connectivity index (χ2n) is 5.71. The number of hydrogen-bond acceptors (Lipinski definition) is 4. The van der Waals surface area contributed by atoms with Gasteiger partial charge in [0.15, 0.2) is 0 Å². The molecule has 2 N–H and O–H groups in total. The molecule has 0 unspecified atom stereocenters. The van der Waals surface area contributed by atoms with E-state index in [1.807, 2.05) is 32.0 Å². The molecule has 24 heavy (non-hydrogen) atoms. The molecule has 0 fully saturated rings. The van der Waals surface area contributed by atoms with E-state index >= 15 is 0 Å². The lowest BCUT2D eigenvalue weighted by Gasteiger charge is -2.02. The molecule has 0 spiro atoms. The molecule has 3 heterocycles. The number of hydrogen-bond donors (Lipinski definition) is 2. The van der Waals surface area contributed by atoms with Crippen LogP contribution in [0.25, 0.3) is 11.0 Å². The smallest absolute Gasteiger partial charge is 0.220 e. The summed E-state index contributed by atoms with van der Waals surface area (Å²) in [5.74, 6) is 0.811. The van der Waals surface area contributed by atoms with Crippen LogP contribution in [0.2, 0.25) is 5.02 Å². The maximum absolute atomic E-state index is 11.4. The van der Waals surface area contributed by atoms with Crippen molar-refractivity contribution < 1.29 is 9.32 Å². The van der Waals surface area contributed by atoms with Crippen molar-refractivity contribution in [3.63, 3.8) is 0 Å². The van der Waals surface area contributed by atoms with Gasteiger partial charge in [-0.2, -0.15) is 0 Å². The highest BCUT2D eigenvalue weighted by Crippen LogP contribution is 2.23. The number of H-pyrrole nitrogens is 1. The summed E-state index contributed by atoms with van der Waals surface area (Å²) < 4.78 is 5.07. The van der Waals surface area contributed by atoms with Gasteiger partial charge in [0.1, 0.15) is 11.4 Å². The van der Waals surface area contributed by atoms with E-state index < -0.39 is 0 Å². The first-order valence-electron chi connectivity index (χ1n) is 7.91. The Balaban J connectivity index is 1.74. The molecule has 6 nitrogen and oxygen atoms in total. The Morgan fingerprint density at radius 2 is 2.17 bits per heavy atom. The first-order chi connectivity index (χ1) is 11.5. The van der Waals surface area contributed by atoms with Gasteiger partial charge in [0.05, 0.1) is 23.0 Å². The fraction of sp³-hybridized carbons (Fsp3) is 0.353. The number of pyridine rings is 1. The molecule has 0 aliphatic rings. The Bertz CT molecular complexity index is 869. The van der Waals surface area contributed by atoms with E-state index in [0.717, 1.165) is 40.3 Å². The van der Waals surface area contributed by atoms with Crippen LogP contribution in [0.3, 0.4) is 0 Å². The standard InChI is InChI=1S/C17H19ClN4O2/c1-3-16(23)19-9-13-7-11-8-14(18)15(21-17(11)20-13)5-4-12-6-10(2)24-22-12/h6-8H,3-5,9H2,1-2H3,(H,19,23)(H,20,21). The van der Waals surface area contributed by atoms with Crippen LogP contribution in [-0.4, -0.2) is 21.0 Å². The summed E-state index contributed by atoms with van der Waals surface area (Å²) in [6.07, 6.45) is 1.87. The van der Waals surface area contributed by atoms with Gasteiger partial charge in [-0.15, -0.1) is 0 Å². The molecule has 0 saturated carbocycles. The molecule has 7 heteroatoms. The lowest BCUT2D eigenvalue weighted by molar-refractivity contribution is -0.120. The van der Waals surface area contributed by atoms with Crippen molar-refractivity contribution in [1.82, 2.24) is 20.4 Å². The minimum absolute atomic E-state index is 0.0169. The number of carbonyl (C=O) groups excluding carboxylic acids is 1. The molecule has 0 aromatic carbocycles. The van der Waals surface area contributed by atoms with Crippen molar-refractivity contribution in [3.05, 3.63) is 46.1 Å². The fourth-order valence-corrected chi connectivity index (χ4v) is 2.75. The molecule has 0 radical (unpaired) electrons. The summed E-state index contributed by atoms with van der Waals surface area (Å²) >= 11 is 6.34. The fourth-order valence-electron chi connectivity index (χ4n) is 2.50.